The van der Waals surface area contributed by atoms with E-state index in [1.807, 2.05) is 43.3 Å². The monoisotopic (exact) mass is 410 g/mol. The lowest BCUT2D eigenvalue weighted by Crippen LogP contribution is -2.32. The number of hydrogen-bond donors (Lipinski definition) is 1. The van der Waals surface area contributed by atoms with Crippen LogP contribution < -0.4 is 15.8 Å². The van der Waals surface area contributed by atoms with Gasteiger partial charge in [-0.2, -0.15) is 0 Å². The molecule has 3 aromatic rings. The topological polar surface area (TPSA) is 67.2 Å². The van der Waals surface area contributed by atoms with Crippen LogP contribution in [0.25, 0.3) is 10.2 Å². The first-order chi connectivity index (χ1) is 13.9. The zero-order chi connectivity index (χ0) is 20.5. The summed E-state index contributed by atoms with van der Waals surface area (Å²) in [6.07, 6.45) is 4.54. The molecule has 152 valence electrons. The number of carbonyl (C=O) groups excluding carboxylic acids is 1. The largest absolute Gasteiger partial charge is 0.378 e. The molecule has 0 radical (unpaired) electrons. The van der Waals surface area contributed by atoms with E-state index in [0.29, 0.717) is 17.8 Å². The Kier molecular flexibility index (Phi) is 5.41. The van der Waals surface area contributed by atoms with E-state index in [4.69, 9.17) is 0 Å². The molecule has 2 heterocycles. The predicted octanol–water partition coefficient (Wildman–Crippen LogP) is 2.97. The molecule has 1 atom stereocenters. The second-order valence-electron chi connectivity index (χ2n) is 8.05. The number of aryl methyl sites for hydroxylation is 1. The molecule has 0 unspecified atom stereocenters. The SMILES string of the molecule is C[C@@H]1CCc2c(sc3ncn(CC(=O)NCc4ccc(N(C)C)cc4)c(=O)c23)C1. The van der Waals surface area contributed by atoms with Crippen LogP contribution in [-0.2, 0) is 30.7 Å². The quantitative estimate of drug-likeness (QED) is 0.702. The maximum Gasteiger partial charge on any atom is 0.262 e. The Morgan fingerprint density at radius 2 is 2.07 bits per heavy atom. The zero-order valence-electron chi connectivity index (χ0n) is 17.1. The molecule has 6 nitrogen and oxygen atoms in total. The lowest BCUT2D eigenvalue weighted by molar-refractivity contribution is -0.121. The zero-order valence-corrected chi connectivity index (χ0v) is 17.9. The van der Waals surface area contributed by atoms with E-state index in [0.717, 1.165) is 40.9 Å². The van der Waals surface area contributed by atoms with Crippen LogP contribution in [0.4, 0.5) is 5.69 Å². The summed E-state index contributed by atoms with van der Waals surface area (Å²) in [4.78, 5) is 34.0. The highest BCUT2D eigenvalue weighted by Gasteiger charge is 2.23. The number of hydrogen-bond acceptors (Lipinski definition) is 5. The first-order valence-corrected chi connectivity index (χ1v) is 10.8. The molecule has 2 aromatic heterocycles. The molecular weight excluding hydrogens is 384 g/mol. The van der Waals surface area contributed by atoms with Gasteiger partial charge in [-0.3, -0.25) is 14.2 Å². The fraction of sp³-hybridized carbons (Fsp3) is 0.409. The number of fused-ring (bicyclic) bond motifs is 3. The first kappa shape index (κ1) is 19.6. The Labute approximate surface area is 174 Å². The van der Waals surface area contributed by atoms with Gasteiger partial charge in [-0.05, 0) is 48.4 Å². The summed E-state index contributed by atoms with van der Waals surface area (Å²) >= 11 is 1.63. The second kappa shape index (κ2) is 7.99. The van der Waals surface area contributed by atoms with E-state index >= 15 is 0 Å². The number of thiophene rings is 1. The van der Waals surface area contributed by atoms with Gasteiger partial charge in [-0.1, -0.05) is 19.1 Å². The molecule has 1 amide bonds. The maximum absolute atomic E-state index is 13.0. The van der Waals surface area contributed by atoms with Crippen LogP contribution in [-0.4, -0.2) is 29.6 Å². The van der Waals surface area contributed by atoms with E-state index in [1.54, 1.807) is 11.3 Å². The third kappa shape index (κ3) is 4.05. The van der Waals surface area contributed by atoms with Crippen LogP contribution in [0.5, 0.6) is 0 Å². The van der Waals surface area contributed by atoms with Crippen molar-refractivity contribution in [2.24, 2.45) is 5.92 Å². The number of benzene rings is 1. The molecule has 0 bridgehead atoms. The Morgan fingerprint density at radius 3 is 2.79 bits per heavy atom. The summed E-state index contributed by atoms with van der Waals surface area (Å²) < 4.78 is 1.43. The summed E-state index contributed by atoms with van der Waals surface area (Å²) in [5, 5.41) is 3.61. The predicted molar refractivity (Wildman–Crippen MR) is 118 cm³/mol. The fourth-order valence-electron chi connectivity index (χ4n) is 3.80. The van der Waals surface area contributed by atoms with E-state index < -0.39 is 0 Å². The minimum absolute atomic E-state index is 0.0153. The molecular formula is C22H26N4O2S. The van der Waals surface area contributed by atoms with Crippen molar-refractivity contribution in [3.05, 3.63) is 57.0 Å². The normalized spacial score (nSPS) is 15.9. The molecule has 0 aliphatic heterocycles. The number of amides is 1. The van der Waals surface area contributed by atoms with Crippen molar-refractivity contribution in [2.45, 2.75) is 39.3 Å². The van der Waals surface area contributed by atoms with Crippen molar-refractivity contribution in [1.82, 2.24) is 14.9 Å². The van der Waals surface area contributed by atoms with E-state index in [2.05, 4.69) is 17.2 Å². The van der Waals surface area contributed by atoms with Crippen LogP contribution in [0.2, 0.25) is 0 Å². The van der Waals surface area contributed by atoms with Crippen LogP contribution in [0.3, 0.4) is 0 Å². The molecule has 1 N–H and O–H groups in total. The van der Waals surface area contributed by atoms with Crippen molar-refractivity contribution < 1.29 is 4.79 Å². The van der Waals surface area contributed by atoms with Gasteiger partial charge in [0.05, 0.1) is 11.7 Å². The van der Waals surface area contributed by atoms with Gasteiger partial charge in [0.25, 0.3) is 5.56 Å². The molecule has 0 fully saturated rings. The van der Waals surface area contributed by atoms with Crippen molar-refractivity contribution in [3.8, 4) is 0 Å². The number of anilines is 1. The lowest BCUT2D eigenvalue weighted by atomic mass is 9.89. The highest BCUT2D eigenvalue weighted by molar-refractivity contribution is 7.18. The number of carbonyl (C=O) groups is 1. The minimum Gasteiger partial charge on any atom is -0.378 e. The Hall–Kier alpha value is -2.67. The van der Waals surface area contributed by atoms with Gasteiger partial charge >= 0.3 is 0 Å². The molecule has 7 heteroatoms. The molecule has 0 saturated heterocycles. The van der Waals surface area contributed by atoms with Gasteiger partial charge in [-0.15, -0.1) is 11.3 Å². The van der Waals surface area contributed by atoms with Gasteiger partial charge < -0.3 is 10.2 Å². The third-order valence-electron chi connectivity index (χ3n) is 5.54. The molecule has 4 rings (SSSR count). The van der Waals surface area contributed by atoms with Crippen molar-refractivity contribution in [1.29, 1.82) is 0 Å². The first-order valence-electron chi connectivity index (χ1n) is 9.95. The second-order valence-corrected chi connectivity index (χ2v) is 9.13. The summed E-state index contributed by atoms with van der Waals surface area (Å²) in [5.74, 6) is 0.456. The van der Waals surface area contributed by atoms with E-state index in [9.17, 15) is 9.59 Å². The Bertz CT molecular complexity index is 1100. The number of aromatic nitrogens is 2. The van der Waals surface area contributed by atoms with Crippen molar-refractivity contribution in [3.63, 3.8) is 0 Å². The standard InChI is InChI=1S/C22H26N4O2S/c1-14-4-9-17-18(10-14)29-21-20(17)22(28)26(13-24-21)12-19(27)23-11-15-5-7-16(8-6-15)25(2)3/h5-8,13-14H,4,9-12H2,1-3H3,(H,23,27)/t14-/m1/s1. The average molecular weight is 411 g/mol. The molecule has 1 aromatic carbocycles. The molecule has 0 spiro atoms. The van der Waals surface area contributed by atoms with E-state index in [1.165, 1.54) is 15.8 Å². The number of nitrogens with one attached hydrogen (secondary N) is 1. The fourth-order valence-corrected chi connectivity index (χ4v) is 5.14. The van der Waals surface area contributed by atoms with Crippen LogP contribution in [0.15, 0.2) is 35.4 Å². The number of nitrogens with zero attached hydrogens (tertiary/aromatic N) is 3. The average Bonchev–Trinajstić information content (AvgIpc) is 3.07. The van der Waals surface area contributed by atoms with Crippen molar-refractivity contribution >= 4 is 33.1 Å². The van der Waals surface area contributed by atoms with Crippen LogP contribution in [0.1, 0.15) is 29.3 Å². The molecule has 1 aliphatic rings. The van der Waals surface area contributed by atoms with Crippen molar-refractivity contribution in [2.75, 3.05) is 19.0 Å². The summed E-state index contributed by atoms with van der Waals surface area (Å²) in [6.45, 7) is 2.67. The molecule has 0 saturated carbocycles. The third-order valence-corrected chi connectivity index (χ3v) is 6.70. The van der Waals surface area contributed by atoms with Gasteiger partial charge in [0.2, 0.25) is 5.91 Å². The molecule has 29 heavy (non-hydrogen) atoms. The summed E-state index contributed by atoms with van der Waals surface area (Å²) in [7, 11) is 3.98. The van der Waals surface area contributed by atoms with Gasteiger partial charge in [0.15, 0.2) is 0 Å². The Balaban J connectivity index is 1.47. The van der Waals surface area contributed by atoms with Gasteiger partial charge in [0, 0.05) is 31.2 Å². The van der Waals surface area contributed by atoms with Crippen LogP contribution in [0, 0.1) is 5.92 Å². The Morgan fingerprint density at radius 1 is 1.31 bits per heavy atom. The van der Waals surface area contributed by atoms with Crippen LogP contribution >= 0.6 is 11.3 Å². The van der Waals surface area contributed by atoms with Gasteiger partial charge in [-0.25, -0.2) is 4.98 Å². The summed E-state index contributed by atoms with van der Waals surface area (Å²) in [6, 6.07) is 8.02. The smallest absolute Gasteiger partial charge is 0.262 e. The summed E-state index contributed by atoms with van der Waals surface area (Å²) in [5.41, 5.74) is 3.18. The van der Waals surface area contributed by atoms with Gasteiger partial charge in [0.1, 0.15) is 11.4 Å². The highest BCUT2D eigenvalue weighted by atomic mass is 32.1. The van der Waals surface area contributed by atoms with E-state index in [-0.39, 0.29) is 18.0 Å². The lowest BCUT2D eigenvalue weighted by Gasteiger charge is -2.17. The molecule has 1 aliphatic carbocycles. The minimum atomic E-state index is -0.192. The highest BCUT2D eigenvalue weighted by Crippen LogP contribution is 2.35. The maximum atomic E-state index is 13.0. The number of rotatable bonds is 5.